The average Bonchev–Trinajstić information content (AvgIpc) is 2.72. The molecule has 0 aliphatic rings. The van der Waals surface area contributed by atoms with E-state index >= 15 is 0 Å². The largest absolute Gasteiger partial charge is 0.355 e. The molecule has 30 heavy (non-hydrogen) atoms. The number of amides is 2. The van der Waals surface area contributed by atoms with Crippen LogP contribution in [0.25, 0.3) is 0 Å². The van der Waals surface area contributed by atoms with Gasteiger partial charge in [0.1, 0.15) is 12.6 Å². The third kappa shape index (κ3) is 6.32. The van der Waals surface area contributed by atoms with Gasteiger partial charge in [0.15, 0.2) is 0 Å². The summed E-state index contributed by atoms with van der Waals surface area (Å²) in [7, 11) is -3.70. The molecule has 0 bridgehead atoms. The Balaban J connectivity index is 2.37. The number of hydrogen-bond donors (Lipinski definition) is 1. The first-order valence-corrected chi connectivity index (χ1v) is 11.8. The van der Waals surface area contributed by atoms with Gasteiger partial charge in [-0.3, -0.25) is 13.9 Å². The zero-order valence-corrected chi connectivity index (χ0v) is 18.4. The van der Waals surface area contributed by atoms with Gasteiger partial charge in [0, 0.05) is 13.1 Å². The van der Waals surface area contributed by atoms with Crippen LogP contribution in [0.5, 0.6) is 0 Å². The maximum absolute atomic E-state index is 13.3. The van der Waals surface area contributed by atoms with E-state index < -0.39 is 22.0 Å². The van der Waals surface area contributed by atoms with E-state index in [-0.39, 0.29) is 19.0 Å². The molecular formula is C22H29N3O4S. The molecule has 8 heteroatoms. The molecule has 0 spiro atoms. The first-order chi connectivity index (χ1) is 14.3. The monoisotopic (exact) mass is 431 g/mol. The number of rotatable bonds is 10. The maximum atomic E-state index is 13.3. The quantitative estimate of drug-likeness (QED) is 0.626. The normalized spacial score (nSPS) is 12.1. The summed E-state index contributed by atoms with van der Waals surface area (Å²) in [5.41, 5.74) is 1.26. The van der Waals surface area contributed by atoms with Crippen LogP contribution in [0.15, 0.2) is 60.7 Å². The molecule has 1 atom stereocenters. The van der Waals surface area contributed by atoms with E-state index in [1.54, 1.807) is 30.3 Å². The molecule has 162 valence electrons. The van der Waals surface area contributed by atoms with Gasteiger partial charge in [0.2, 0.25) is 21.8 Å². The van der Waals surface area contributed by atoms with Crippen LogP contribution in [0.3, 0.4) is 0 Å². The highest BCUT2D eigenvalue weighted by Crippen LogP contribution is 2.19. The number of hydrogen-bond acceptors (Lipinski definition) is 4. The molecule has 0 aliphatic heterocycles. The molecule has 0 radical (unpaired) electrons. The Bertz CT molecular complexity index is 933. The molecule has 0 aromatic heterocycles. The van der Waals surface area contributed by atoms with E-state index in [9.17, 15) is 18.0 Å². The van der Waals surface area contributed by atoms with Crippen molar-refractivity contribution in [1.29, 1.82) is 0 Å². The fourth-order valence-electron chi connectivity index (χ4n) is 3.20. The van der Waals surface area contributed by atoms with Crippen LogP contribution in [0.4, 0.5) is 5.69 Å². The minimum Gasteiger partial charge on any atom is -0.355 e. The van der Waals surface area contributed by atoms with Crippen LogP contribution in [0, 0.1) is 0 Å². The SMILES string of the molecule is CCNC(=O)C(CC)N(Cc1ccccc1)C(=O)CN(c1ccccc1)S(C)(=O)=O. The van der Waals surface area contributed by atoms with E-state index in [4.69, 9.17) is 0 Å². The second-order valence-corrected chi connectivity index (χ2v) is 8.84. The lowest BCUT2D eigenvalue weighted by molar-refractivity contribution is -0.140. The summed E-state index contributed by atoms with van der Waals surface area (Å²) in [6.45, 7) is 3.92. The van der Waals surface area contributed by atoms with Crippen molar-refractivity contribution in [2.45, 2.75) is 32.9 Å². The van der Waals surface area contributed by atoms with Crippen LogP contribution in [0.1, 0.15) is 25.8 Å². The lowest BCUT2D eigenvalue weighted by Crippen LogP contribution is -2.52. The number of benzene rings is 2. The molecule has 7 nitrogen and oxygen atoms in total. The summed E-state index contributed by atoms with van der Waals surface area (Å²) in [6.07, 6.45) is 1.48. The number of nitrogens with zero attached hydrogens (tertiary/aromatic N) is 2. The molecule has 0 saturated heterocycles. The topological polar surface area (TPSA) is 86.8 Å². The highest BCUT2D eigenvalue weighted by atomic mass is 32.2. The average molecular weight is 432 g/mol. The molecule has 2 aromatic carbocycles. The van der Waals surface area contributed by atoms with E-state index in [0.29, 0.717) is 18.7 Å². The second-order valence-electron chi connectivity index (χ2n) is 6.93. The van der Waals surface area contributed by atoms with Crippen molar-refractivity contribution in [2.24, 2.45) is 0 Å². The number of anilines is 1. The third-order valence-electron chi connectivity index (χ3n) is 4.66. The van der Waals surface area contributed by atoms with Crippen LogP contribution in [-0.2, 0) is 26.2 Å². The van der Waals surface area contributed by atoms with Gasteiger partial charge < -0.3 is 10.2 Å². The highest BCUT2D eigenvalue weighted by molar-refractivity contribution is 7.92. The first kappa shape index (κ1) is 23.4. The smallest absolute Gasteiger partial charge is 0.244 e. The minimum atomic E-state index is -3.70. The molecule has 1 unspecified atom stereocenters. The summed E-state index contributed by atoms with van der Waals surface area (Å²) in [5.74, 6) is -0.693. The van der Waals surface area contributed by atoms with Crippen LogP contribution >= 0.6 is 0 Å². The summed E-state index contributed by atoms with van der Waals surface area (Å²) >= 11 is 0. The lowest BCUT2D eigenvalue weighted by Gasteiger charge is -2.32. The Morgan fingerprint density at radius 1 is 0.967 bits per heavy atom. The first-order valence-electron chi connectivity index (χ1n) is 9.91. The predicted octanol–water partition coefficient (Wildman–Crippen LogP) is 2.40. The molecular weight excluding hydrogens is 402 g/mol. The predicted molar refractivity (Wildman–Crippen MR) is 118 cm³/mol. The van der Waals surface area contributed by atoms with E-state index in [2.05, 4.69) is 5.32 Å². The van der Waals surface area contributed by atoms with Crippen LogP contribution < -0.4 is 9.62 Å². The number of carbonyl (C=O) groups is 2. The zero-order valence-electron chi connectivity index (χ0n) is 17.6. The Morgan fingerprint density at radius 3 is 2.03 bits per heavy atom. The van der Waals surface area contributed by atoms with Gasteiger partial charge in [-0.2, -0.15) is 0 Å². The Kier molecular flexibility index (Phi) is 8.41. The maximum Gasteiger partial charge on any atom is 0.244 e. The molecule has 1 N–H and O–H groups in total. The Morgan fingerprint density at radius 2 is 1.53 bits per heavy atom. The van der Waals surface area contributed by atoms with Crippen molar-refractivity contribution in [3.63, 3.8) is 0 Å². The minimum absolute atomic E-state index is 0.210. The van der Waals surface area contributed by atoms with Gasteiger partial charge in [0.25, 0.3) is 0 Å². The van der Waals surface area contributed by atoms with Gasteiger partial charge in [-0.15, -0.1) is 0 Å². The molecule has 0 heterocycles. The van der Waals surface area contributed by atoms with Gasteiger partial charge in [-0.05, 0) is 31.0 Å². The molecule has 2 aromatic rings. The fraction of sp³-hybridized carbons (Fsp3) is 0.364. The van der Waals surface area contributed by atoms with E-state index in [1.165, 1.54) is 4.90 Å². The zero-order chi connectivity index (χ0) is 22.1. The number of sulfonamides is 1. The number of likely N-dealkylation sites (N-methyl/N-ethyl adjacent to an activating group) is 1. The lowest BCUT2D eigenvalue weighted by atomic mass is 10.1. The summed E-state index contributed by atoms with van der Waals surface area (Å²) in [6, 6.07) is 17.1. The van der Waals surface area contributed by atoms with Gasteiger partial charge in [0.05, 0.1) is 11.9 Å². The summed E-state index contributed by atoms with van der Waals surface area (Å²) in [5, 5.41) is 2.77. The van der Waals surface area contributed by atoms with Crippen molar-refractivity contribution in [3.05, 3.63) is 66.2 Å². The van der Waals surface area contributed by atoms with E-state index in [0.717, 1.165) is 16.1 Å². The van der Waals surface area contributed by atoms with Crippen molar-refractivity contribution in [3.8, 4) is 0 Å². The molecule has 2 amide bonds. The van der Waals surface area contributed by atoms with Crippen molar-refractivity contribution in [1.82, 2.24) is 10.2 Å². The van der Waals surface area contributed by atoms with Gasteiger partial charge in [-0.25, -0.2) is 8.42 Å². The van der Waals surface area contributed by atoms with Gasteiger partial charge in [-0.1, -0.05) is 55.5 Å². The molecule has 0 fully saturated rings. The standard InChI is InChI=1S/C22H29N3O4S/c1-4-20(22(27)23-5-2)24(16-18-12-8-6-9-13-18)21(26)17-25(30(3,28)29)19-14-10-7-11-15-19/h6-15,20H,4-5,16-17H2,1-3H3,(H,23,27). The highest BCUT2D eigenvalue weighted by Gasteiger charge is 2.31. The van der Waals surface area contributed by atoms with Crippen LogP contribution in [0.2, 0.25) is 0 Å². The molecule has 0 saturated carbocycles. The number of carbonyl (C=O) groups excluding carboxylic acids is 2. The Labute approximate surface area is 178 Å². The summed E-state index contributed by atoms with van der Waals surface area (Å²) in [4.78, 5) is 27.4. The molecule has 2 rings (SSSR count). The van der Waals surface area contributed by atoms with Crippen molar-refractivity contribution < 1.29 is 18.0 Å². The number of para-hydroxylation sites is 1. The Hall–Kier alpha value is -2.87. The van der Waals surface area contributed by atoms with E-state index in [1.807, 2.05) is 44.2 Å². The third-order valence-corrected chi connectivity index (χ3v) is 5.80. The molecule has 0 aliphatic carbocycles. The van der Waals surface area contributed by atoms with Gasteiger partial charge >= 0.3 is 0 Å². The second kappa shape index (κ2) is 10.8. The summed E-state index contributed by atoms with van der Waals surface area (Å²) < 4.78 is 25.9. The number of nitrogens with one attached hydrogen (secondary N) is 1. The van der Waals surface area contributed by atoms with Crippen LogP contribution in [-0.4, -0.2) is 50.5 Å². The van der Waals surface area contributed by atoms with Crippen molar-refractivity contribution in [2.75, 3.05) is 23.7 Å². The van der Waals surface area contributed by atoms with Crippen molar-refractivity contribution >= 4 is 27.5 Å². The fourth-order valence-corrected chi connectivity index (χ4v) is 4.05.